The molecule has 8 rings (SSSR count). The Hall–Kier alpha value is -4.37. The van der Waals surface area contributed by atoms with E-state index in [9.17, 15) is 0 Å². The molecule has 36 heavy (non-hydrogen) atoms. The molecule has 0 amide bonds. The molecule has 5 aromatic carbocycles. The van der Waals surface area contributed by atoms with E-state index in [2.05, 4.69) is 126 Å². The van der Waals surface area contributed by atoms with Gasteiger partial charge < -0.3 is 9.13 Å². The van der Waals surface area contributed by atoms with E-state index in [0.29, 0.717) is 0 Å². The standard InChI is InChI=1S/C33H25N3/c1-33(2)30-21-10-5-4-9-20(21)15-16-22(30)23-17-18-27-29(31(23)33)24-11-6-7-13-26(24)36(27)28-14-8-12-25-32(28)35(3)19-34-25/h4-19H,1-3H3. The van der Waals surface area contributed by atoms with Gasteiger partial charge in [-0.15, -0.1) is 0 Å². The van der Waals surface area contributed by atoms with Crippen molar-refractivity contribution in [3.8, 4) is 16.8 Å². The minimum absolute atomic E-state index is 0.126. The maximum Gasteiger partial charge on any atom is 0.0956 e. The lowest BCUT2D eigenvalue weighted by molar-refractivity contribution is 0.672. The van der Waals surface area contributed by atoms with Crippen molar-refractivity contribution in [3.05, 3.63) is 108 Å². The quantitative estimate of drug-likeness (QED) is 0.241. The minimum Gasteiger partial charge on any atom is -0.332 e. The highest BCUT2D eigenvalue weighted by molar-refractivity contribution is 6.16. The van der Waals surface area contributed by atoms with E-state index in [4.69, 9.17) is 0 Å². The van der Waals surface area contributed by atoms with Crippen LogP contribution in [0.3, 0.4) is 0 Å². The van der Waals surface area contributed by atoms with E-state index in [-0.39, 0.29) is 5.41 Å². The van der Waals surface area contributed by atoms with Crippen LogP contribution in [0.2, 0.25) is 0 Å². The molecule has 0 unspecified atom stereocenters. The van der Waals surface area contributed by atoms with Crippen LogP contribution < -0.4 is 0 Å². The number of nitrogens with zero attached hydrogens (tertiary/aromatic N) is 3. The van der Waals surface area contributed by atoms with Crippen molar-refractivity contribution in [1.29, 1.82) is 0 Å². The third-order valence-corrected chi connectivity index (χ3v) is 8.26. The van der Waals surface area contributed by atoms with Gasteiger partial charge in [0, 0.05) is 23.2 Å². The van der Waals surface area contributed by atoms with Gasteiger partial charge in [0.2, 0.25) is 0 Å². The SMILES string of the molecule is Cn1cnc2cccc(-n3c4ccccc4c4c5c(ccc43)-c3ccc4ccccc4c3C5(C)C)c21. The molecule has 0 N–H and O–H groups in total. The van der Waals surface area contributed by atoms with Crippen LogP contribution in [0.25, 0.3) is 60.4 Å². The van der Waals surface area contributed by atoms with Gasteiger partial charge in [0.1, 0.15) is 0 Å². The zero-order valence-electron chi connectivity index (χ0n) is 20.6. The predicted molar refractivity (Wildman–Crippen MR) is 150 cm³/mol. The predicted octanol–water partition coefficient (Wildman–Crippen LogP) is 8.13. The van der Waals surface area contributed by atoms with Crippen LogP contribution in [0, 0.1) is 0 Å². The second-order valence-electron chi connectivity index (χ2n) is 10.6. The molecule has 1 aliphatic carbocycles. The van der Waals surface area contributed by atoms with Crippen LogP contribution in [0.4, 0.5) is 0 Å². The van der Waals surface area contributed by atoms with E-state index < -0.39 is 0 Å². The topological polar surface area (TPSA) is 22.8 Å². The van der Waals surface area contributed by atoms with Crippen molar-refractivity contribution in [1.82, 2.24) is 14.1 Å². The first-order valence-electron chi connectivity index (χ1n) is 12.6. The van der Waals surface area contributed by atoms with Gasteiger partial charge in [0.05, 0.1) is 34.1 Å². The Labute approximate surface area is 209 Å². The van der Waals surface area contributed by atoms with Gasteiger partial charge >= 0.3 is 0 Å². The number of fused-ring (bicyclic) bond motifs is 10. The summed E-state index contributed by atoms with van der Waals surface area (Å²) in [4.78, 5) is 4.64. The normalized spacial score (nSPS) is 14.2. The molecular weight excluding hydrogens is 438 g/mol. The molecule has 0 fully saturated rings. The Balaban J connectivity index is 1.55. The second kappa shape index (κ2) is 6.64. The number of rotatable bonds is 1. The van der Waals surface area contributed by atoms with E-state index >= 15 is 0 Å². The molecule has 1 aliphatic rings. The number of benzene rings is 5. The first-order chi connectivity index (χ1) is 17.6. The van der Waals surface area contributed by atoms with Crippen LogP contribution in [0.5, 0.6) is 0 Å². The zero-order valence-corrected chi connectivity index (χ0v) is 20.6. The summed E-state index contributed by atoms with van der Waals surface area (Å²) in [6.45, 7) is 4.80. The monoisotopic (exact) mass is 463 g/mol. The Morgan fingerprint density at radius 1 is 0.667 bits per heavy atom. The van der Waals surface area contributed by atoms with Crippen molar-refractivity contribution in [2.45, 2.75) is 19.3 Å². The summed E-state index contributed by atoms with van der Waals surface area (Å²) in [5, 5.41) is 5.31. The van der Waals surface area contributed by atoms with Gasteiger partial charge in [0.15, 0.2) is 0 Å². The van der Waals surface area contributed by atoms with Crippen molar-refractivity contribution in [3.63, 3.8) is 0 Å². The minimum atomic E-state index is -0.126. The van der Waals surface area contributed by atoms with E-state index in [1.165, 1.54) is 54.8 Å². The van der Waals surface area contributed by atoms with Crippen LogP contribution in [0.1, 0.15) is 25.0 Å². The first kappa shape index (κ1) is 19.9. The highest BCUT2D eigenvalue weighted by Gasteiger charge is 2.39. The molecule has 0 spiro atoms. The first-order valence-corrected chi connectivity index (χ1v) is 12.6. The molecule has 172 valence electrons. The Bertz CT molecular complexity index is 2030. The number of aryl methyl sites for hydroxylation is 1. The van der Waals surface area contributed by atoms with E-state index in [1.54, 1.807) is 0 Å². The third-order valence-electron chi connectivity index (χ3n) is 8.26. The molecule has 0 saturated heterocycles. The Morgan fingerprint density at radius 3 is 2.31 bits per heavy atom. The lowest BCUT2D eigenvalue weighted by atomic mass is 9.78. The highest BCUT2D eigenvalue weighted by Crippen LogP contribution is 2.55. The Kier molecular flexibility index (Phi) is 3.67. The molecule has 0 saturated carbocycles. The maximum atomic E-state index is 4.64. The van der Waals surface area contributed by atoms with Crippen molar-refractivity contribution < 1.29 is 0 Å². The van der Waals surface area contributed by atoms with E-state index in [0.717, 1.165) is 16.7 Å². The molecule has 0 aliphatic heterocycles. The number of hydrogen-bond donors (Lipinski definition) is 0. The summed E-state index contributed by atoms with van der Waals surface area (Å²) >= 11 is 0. The highest BCUT2D eigenvalue weighted by atomic mass is 15.1. The lowest BCUT2D eigenvalue weighted by Gasteiger charge is -2.24. The number of aromatic nitrogens is 3. The number of para-hydroxylation sites is 2. The summed E-state index contributed by atoms with van der Waals surface area (Å²) in [5.41, 5.74) is 11.3. The largest absolute Gasteiger partial charge is 0.332 e. The maximum absolute atomic E-state index is 4.64. The fraction of sp³-hybridized carbons (Fsp3) is 0.121. The summed E-state index contributed by atoms with van der Waals surface area (Å²) < 4.78 is 4.57. The van der Waals surface area contributed by atoms with Crippen molar-refractivity contribution in [2.75, 3.05) is 0 Å². The summed E-state index contributed by atoms with van der Waals surface area (Å²) in [6.07, 6.45) is 1.91. The molecule has 2 heterocycles. The van der Waals surface area contributed by atoms with Gasteiger partial charge in [0.25, 0.3) is 0 Å². The van der Waals surface area contributed by atoms with Gasteiger partial charge in [-0.25, -0.2) is 4.98 Å². The summed E-state index contributed by atoms with van der Waals surface area (Å²) in [6, 6.07) is 33.4. The molecule has 0 atom stereocenters. The van der Waals surface area contributed by atoms with Crippen molar-refractivity contribution in [2.24, 2.45) is 7.05 Å². The zero-order chi connectivity index (χ0) is 24.2. The summed E-state index contributed by atoms with van der Waals surface area (Å²) in [5.74, 6) is 0. The smallest absolute Gasteiger partial charge is 0.0956 e. The average molecular weight is 464 g/mol. The number of imidazole rings is 1. The molecule has 2 aromatic heterocycles. The van der Waals surface area contributed by atoms with Crippen LogP contribution >= 0.6 is 0 Å². The van der Waals surface area contributed by atoms with Gasteiger partial charge in [-0.05, 0) is 57.3 Å². The number of hydrogen-bond acceptors (Lipinski definition) is 1. The summed E-state index contributed by atoms with van der Waals surface area (Å²) in [7, 11) is 2.08. The second-order valence-corrected chi connectivity index (χ2v) is 10.6. The molecule has 7 aromatic rings. The fourth-order valence-corrected chi connectivity index (χ4v) is 6.86. The lowest BCUT2D eigenvalue weighted by Crippen LogP contribution is -2.16. The molecular formula is C33H25N3. The third kappa shape index (κ3) is 2.31. The molecule has 3 nitrogen and oxygen atoms in total. The van der Waals surface area contributed by atoms with Crippen LogP contribution in [-0.2, 0) is 12.5 Å². The van der Waals surface area contributed by atoms with Crippen LogP contribution in [0.15, 0.2) is 97.3 Å². The van der Waals surface area contributed by atoms with Gasteiger partial charge in [-0.3, -0.25) is 0 Å². The van der Waals surface area contributed by atoms with Crippen molar-refractivity contribution >= 4 is 43.6 Å². The fourth-order valence-electron chi connectivity index (χ4n) is 6.86. The average Bonchev–Trinajstić information content (AvgIpc) is 3.52. The molecule has 0 bridgehead atoms. The van der Waals surface area contributed by atoms with Crippen LogP contribution in [-0.4, -0.2) is 14.1 Å². The molecule has 0 radical (unpaired) electrons. The van der Waals surface area contributed by atoms with Gasteiger partial charge in [-0.2, -0.15) is 0 Å². The molecule has 3 heteroatoms. The Morgan fingerprint density at radius 2 is 1.42 bits per heavy atom. The van der Waals surface area contributed by atoms with E-state index in [1.807, 2.05) is 6.33 Å². The van der Waals surface area contributed by atoms with Gasteiger partial charge in [-0.1, -0.05) is 80.6 Å².